The third-order valence-electron chi connectivity index (χ3n) is 4.32. The van der Waals surface area contributed by atoms with Crippen LogP contribution in [0.1, 0.15) is 39.2 Å². The summed E-state index contributed by atoms with van der Waals surface area (Å²) in [6.07, 6.45) is 12.9. The Morgan fingerprint density at radius 2 is 1.88 bits per heavy atom. The second-order valence-electron chi connectivity index (χ2n) is 5.87. The molecular weight excluding hydrogens is 305 g/mol. The van der Waals surface area contributed by atoms with Crippen LogP contribution in [0.15, 0.2) is 24.3 Å². The number of fused-ring (bicyclic) bond motifs is 1. The van der Waals surface area contributed by atoms with Gasteiger partial charge in [-0.2, -0.15) is 0 Å². The topological polar surface area (TPSA) is 42.3 Å². The zero-order valence-corrected chi connectivity index (χ0v) is 15.2. The number of methoxy groups -OCH3 is 1. The summed E-state index contributed by atoms with van der Waals surface area (Å²) in [7, 11) is 1.44. The number of ether oxygens (including phenoxy) is 2. The van der Waals surface area contributed by atoms with Crippen molar-refractivity contribution >= 4 is 6.40 Å². The van der Waals surface area contributed by atoms with E-state index < -0.39 is 0 Å². The summed E-state index contributed by atoms with van der Waals surface area (Å²) >= 11 is 0. The van der Waals surface area contributed by atoms with Crippen molar-refractivity contribution in [3.05, 3.63) is 35.6 Å². The average Bonchev–Trinajstić information content (AvgIpc) is 2.84. The number of nitrogens with one attached hydrogen (secondary N) is 1. The Balaban J connectivity index is 0.000000573. The highest BCUT2D eigenvalue weighted by Crippen LogP contribution is 2.51. The SMILES string of the molecule is C#C.CC.CC12CCC(Cc3ccc(F)cc3)C1OC2.COC=N. The number of hydrogen-bond donors (Lipinski definition) is 1. The maximum Gasteiger partial charge on any atom is 0.166 e. The lowest BCUT2D eigenvalue weighted by Gasteiger charge is -2.44. The van der Waals surface area contributed by atoms with Crippen LogP contribution in [0.3, 0.4) is 0 Å². The van der Waals surface area contributed by atoms with Crippen LogP contribution in [-0.2, 0) is 15.9 Å². The fourth-order valence-electron chi connectivity index (χ4n) is 3.18. The van der Waals surface area contributed by atoms with E-state index in [9.17, 15) is 4.39 Å². The predicted molar refractivity (Wildman–Crippen MR) is 97.7 cm³/mol. The van der Waals surface area contributed by atoms with Gasteiger partial charge in [-0.3, -0.25) is 5.41 Å². The van der Waals surface area contributed by atoms with Crippen LogP contribution in [0.4, 0.5) is 4.39 Å². The third-order valence-corrected chi connectivity index (χ3v) is 4.32. The van der Waals surface area contributed by atoms with Crippen molar-refractivity contribution in [1.29, 1.82) is 5.41 Å². The molecule has 134 valence electrons. The Morgan fingerprint density at radius 1 is 1.33 bits per heavy atom. The van der Waals surface area contributed by atoms with E-state index in [-0.39, 0.29) is 5.82 Å². The van der Waals surface area contributed by atoms with Crippen LogP contribution in [0.25, 0.3) is 0 Å². The molecule has 0 amide bonds. The van der Waals surface area contributed by atoms with E-state index in [4.69, 9.17) is 10.1 Å². The molecule has 1 aliphatic carbocycles. The molecule has 3 rings (SSSR count). The number of rotatable bonds is 3. The number of halogens is 1. The molecule has 1 saturated heterocycles. The predicted octanol–water partition coefficient (Wildman–Crippen LogP) is 4.70. The lowest BCUT2D eigenvalue weighted by Crippen LogP contribution is -2.48. The molecule has 24 heavy (non-hydrogen) atoms. The first-order valence-corrected chi connectivity index (χ1v) is 8.30. The summed E-state index contributed by atoms with van der Waals surface area (Å²) in [5.41, 5.74) is 1.66. The maximum atomic E-state index is 12.8. The van der Waals surface area contributed by atoms with Crippen LogP contribution >= 0.6 is 0 Å². The summed E-state index contributed by atoms with van der Waals surface area (Å²) in [5, 5.41) is 6.10. The van der Waals surface area contributed by atoms with E-state index in [1.54, 1.807) is 12.1 Å². The summed E-state index contributed by atoms with van der Waals surface area (Å²) in [4.78, 5) is 0. The Kier molecular flexibility index (Phi) is 10.7. The van der Waals surface area contributed by atoms with Crippen LogP contribution in [0, 0.1) is 35.4 Å². The van der Waals surface area contributed by atoms with Crippen molar-refractivity contribution < 1.29 is 13.9 Å². The maximum absolute atomic E-state index is 12.8. The van der Waals surface area contributed by atoms with Gasteiger partial charge in [-0.1, -0.05) is 32.9 Å². The van der Waals surface area contributed by atoms with Gasteiger partial charge in [-0.15, -0.1) is 12.8 Å². The largest absolute Gasteiger partial charge is 0.487 e. The smallest absolute Gasteiger partial charge is 0.166 e. The number of terminal acetylenes is 1. The first-order valence-electron chi connectivity index (χ1n) is 8.30. The van der Waals surface area contributed by atoms with E-state index in [2.05, 4.69) is 24.5 Å². The lowest BCUT2D eigenvalue weighted by molar-refractivity contribution is -0.173. The standard InChI is InChI=1S/C14H17FO.C2H5NO.C2H6.C2H2/c1-14-7-6-11(13(14)16-9-14)8-10-2-4-12(15)5-3-10;1-4-2-3;2*1-2/h2-5,11,13H,6-9H2,1H3;2-3H,1H3;1-2H3;1-2H. The third kappa shape index (κ3) is 5.98. The van der Waals surface area contributed by atoms with Gasteiger partial charge in [0, 0.05) is 5.41 Å². The lowest BCUT2D eigenvalue weighted by atomic mass is 9.80. The van der Waals surface area contributed by atoms with Crippen molar-refractivity contribution in [2.75, 3.05) is 13.7 Å². The molecule has 0 spiro atoms. The van der Waals surface area contributed by atoms with Crippen molar-refractivity contribution in [1.82, 2.24) is 0 Å². The first kappa shape index (κ1) is 22.1. The highest BCUT2D eigenvalue weighted by molar-refractivity contribution is 5.40. The van der Waals surface area contributed by atoms with E-state index >= 15 is 0 Å². The molecule has 2 aliphatic rings. The van der Waals surface area contributed by atoms with Crippen LogP contribution in [0.5, 0.6) is 0 Å². The van der Waals surface area contributed by atoms with Crippen LogP contribution < -0.4 is 0 Å². The van der Waals surface area contributed by atoms with Crippen molar-refractivity contribution in [2.45, 2.75) is 46.1 Å². The molecule has 0 radical (unpaired) electrons. The fraction of sp³-hybridized carbons (Fsp3) is 0.550. The summed E-state index contributed by atoms with van der Waals surface area (Å²) in [5.74, 6) is 0.476. The molecule has 4 heteroatoms. The molecule has 2 fully saturated rings. The molecule has 3 unspecified atom stereocenters. The normalized spacial score (nSPS) is 25.8. The molecule has 0 aromatic heterocycles. The Labute approximate surface area is 146 Å². The van der Waals surface area contributed by atoms with E-state index in [1.165, 1.54) is 25.5 Å². The molecule has 1 aromatic rings. The molecule has 3 atom stereocenters. The zero-order chi connectivity index (χ0) is 18.6. The molecule has 1 saturated carbocycles. The monoisotopic (exact) mass is 335 g/mol. The minimum atomic E-state index is -0.153. The number of benzene rings is 1. The molecule has 1 aliphatic heterocycles. The number of hydrogen-bond acceptors (Lipinski definition) is 3. The van der Waals surface area contributed by atoms with Gasteiger partial charge in [0.25, 0.3) is 0 Å². The first-order chi connectivity index (χ1) is 11.6. The van der Waals surface area contributed by atoms with Gasteiger partial charge >= 0.3 is 0 Å². The van der Waals surface area contributed by atoms with Crippen LogP contribution in [0.2, 0.25) is 0 Å². The van der Waals surface area contributed by atoms with Crippen molar-refractivity contribution in [2.24, 2.45) is 11.3 Å². The molecule has 1 heterocycles. The molecule has 1 aromatic carbocycles. The summed E-state index contributed by atoms with van der Waals surface area (Å²) in [6.45, 7) is 7.25. The summed E-state index contributed by atoms with van der Waals surface area (Å²) in [6, 6.07) is 6.88. The molecule has 1 N–H and O–H groups in total. The second kappa shape index (κ2) is 11.6. The highest BCUT2D eigenvalue weighted by atomic mass is 19.1. The molecule has 0 bridgehead atoms. The molecular formula is C20H30FNO2. The summed E-state index contributed by atoms with van der Waals surface area (Å²) < 4.78 is 22.6. The molecule has 3 nitrogen and oxygen atoms in total. The second-order valence-corrected chi connectivity index (χ2v) is 5.87. The van der Waals surface area contributed by atoms with Gasteiger partial charge in [-0.25, -0.2) is 4.39 Å². The zero-order valence-electron chi connectivity index (χ0n) is 15.2. The van der Waals surface area contributed by atoms with Gasteiger partial charge in [0.2, 0.25) is 0 Å². The van der Waals surface area contributed by atoms with Gasteiger partial charge in [0.15, 0.2) is 6.40 Å². The van der Waals surface area contributed by atoms with Gasteiger partial charge in [0.1, 0.15) is 5.82 Å². The van der Waals surface area contributed by atoms with Crippen molar-refractivity contribution in [3.8, 4) is 12.8 Å². The van der Waals surface area contributed by atoms with Gasteiger partial charge < -0.3 is 9.47 Å². The average molecular weight is 335 g/mol. The fourth-order valence-corrected chi connectivity index (χ4v) is 3.18. The van der Waals surface area contributed by atoms with Crippen LogP contribution in [-0.4, -0.2) is 26.2 Å². The van der Waals surface area contributed by atoms with E-state index in [1.807, 2.05) is 26.0 Å². The van der Waals surface area contributed by atoms with E-state index in [0.29, 0.717) is 17.4 Å². The van der Waals surface area contributed by atoms with E-state index in [0.717, 1.165) is 19.4 Å². The van der Waals surface area contributed by atoms with Crippen molar-refractivity contribution in [3.63, 3.8) is 0 Å². The van der Waals surface area contributed by atoms with Gasteiger partial charge in [0.05, 0.1) is 19.8 Å². The Bertz CT molecular complexity index is 486. The quantitative estimate of drug-likeness (QED) is 0.494. The minimum absolute atomic E-state index is 0.153. The highest BCUT2D eigenvalue weighted by Gasteiger charge is 2.52. The Hall–Kier alpha value is -1.86. The Morgan fingerprint density at radius 3 is 2.25 bits per heavy atom. The van der Waals surface area contributed by atoms with Gasteiger partial charge in [-0.05, 0) is 42.9 Å². The minimum Gasteiger partial charge on any atom is -0.487 e.